The molecule has 0 aromatic rings. The van der Waals surface area contributed by atoms with Gasteiger partial charge >= 0.3 is 0 Å². The highest BCUT2D eigenvalue weighted by Gasteiger charge is 2.11. The largest absolute Gasteiger partial charge is 0.394 e. The minimum atomic E-state index is 0.433. The summed E-state index contributed by atoms with van der Waals surface area (Å²) in [6, 6.07) is 0.433. The molecule has 0 amide bonds. The molecule has 0 radical (unpaired) electrons. The third-order valence-corrected chi connectivity index (χ3v) is 3.11. The lowest BCUT2D eigenvalue weighted by atomic mass is 10.2. The van der Waals surface area contributed by atoms with Gasteiger partial charge in [-0.05, 0) is 39.0 Å². The normalized spacial score (nSPS) is 14.6. The smallest absolute Gasteiger partial charge is 0.102 e. The molecule has 0 heterocycles. The Kier molecular flexibility index (Phi) is 9.71. The van der Waals surface area contributed by atoms with Crippen molar-refractivity contribution in [2.75, 3.05) is 20.8 Å². The molecular weight excluding hydrogens is 236 g/mol. The Hall–Kier alpha value is -1.42. The first-order chi connectivity index (χ1) is 9.10. The van der Waals surface area contributed by atoms with Gasteiger partial charge in [0.15, 0.2) is 0 Å². The van der Waals surface area contributed by atoms with Crippen molar-refractivity contribution in [1.29, 1.82) is 0 Å². The maximum Gasteiger partial charge on any atom is 0.102 e. The van der Waals surface area contributed by atoms with E-state index in [1.165, 1.54) is 5.57 Å². The van der Waals surface area contributed by atoms with Crippen molar-refractivity contribution in [3.8, 4) is 0 Å². The van der Waals surface area contributed by atoms with Gasteiger partial charge in [-0.15, -0.1) is 0 Å². The Morgan fingerprint density at radius 2 is 2.05 bits per heavy atom. The highest BCUT2D eigenvalue weighted by Crippen LogP contribution is 2.08. The second-order valence-electron chi connectivity index (χ2n) is 4.62. The Morgan fingerprint density at radius 1 is 1.37 bits per heavy atom. The predicted molar refractivity (Wildman–Crippen MR) is 84.4 cm³/mol. The summed E-state index contributed by atoms with van der Waals surface area (Å²) in [6.07, 6.45) is 10.3. The van der Waals surface area contributed by atoms with Gasteiger partial charge < -0.3 is 21.3 Å². The van der Waals surface area contributed by atoms with Gasteiger partial charge in [-0.25, -0.2) is 0 Å². The highest BCUT2D eigenvalue weighted by molar-refractivity contribution is 5.13. The van der Waals surface area contributed by atoms with E-state index in [0.29, 0.717) is 12.7 Å². The van der Waals surface area contributed by atoms with Crippen LogP contribution in [0.15, 0.2) is 35.8 Å². The molecule has 4 nitrogen and oxygen atoms in total. The molecule has 1 unspecified atom stereocenters. The van der Waals surface area contributed by atoms with Crippen LogP contribution in [0.25, 0.3) is 0 Å². The number of nitrogens with two attached hydrogens (primary N) is 1. The zero-order valence-corrected chi connectivity index (χ0v) is 13.0. The molecule has 4 heteroatoms. The van der Waals surface area contributed by atoms with Crippen LogP contribution in [0.1, 0.15) is 33.6 Å². The molecule has 0 aliphatic rings. The van der Waals surface area contributed by atoms with E-state index in [1.54, 1.807) is 0 Å². The summed E-state index contributed by atoms with van der Waals surface area (Å²) < 4.78 is 0. The maximum atomic E-state index is 5.82. The highest BCUT2D eigenvalue weighted by atomic mass is 15.3. The summed E-state index contributed by atoms with van der Waals surface area (Å²) in [5.41, 5.74) is 7.12. The maximum absolute atomic E-state index is 5.82. The summed E-state index contributed by atoms with van der Waals surface area (Å²) in [6.45, 7) is 6.98. The Labute approximate surface area is 118 Å². The second kappa shape index (κ2) is 10.5. The summed E-state index contributed by atoms with van der Waals surface area (Å²) in [5, 5.41) is 6.24. The number of hydrogen-bond acceptors (Lipinski definition) is 4. The van der Waals surface area contributed by atoms with Gasteiger partial charge in [0, 0.05) is 20.1 Å². The molecular formula is C15H30N4. The topological polar surface area (TPSA) is 53.3 Å². The number of hydrogen-bond donors (Lipinski definition) is 3. The van der Waals surface area contributed by atoms with Crippen LogP contribution in [0.3, 0.4) is 0 Å². The van der Waals surface area contributed by atoms with Crippen LogP contribution >= 0.6 is 0 Å². The third kappa shape index (κ3) is 6.91. The van der Waals surface area contributed by atoms with Gasteiger partial charge in [0.2, 0.25) is 0 Å². The van der Waals surface area contributed by atoms with E-state index in [4.69, 9.17) is 5.73 Å². The van der Waals surface area contributed by atoms with E-state index in [-0.39, 0.29) is 0 Å². The average Bonchev–Trinajstić information content (AvgIpc) is 2.41. The van der Waals surface area contributed by atoms with Crippen molar-refractivity contribution >= 4 is 0 Å². The first-order valence-electron chi connectivity index (χ1n) is 6.94. The Bertz CT molecular complexity index is 318. The minimum absolute atomic E-state index is 0.433. The number of nitrogens with zero attached hydrogens (tertiary/aromatic N) is 1. The molecule has 0 aromatic carbocycles. The van der Waals surface area contributed by atoms with Gasteiger partial charge in [-0.1, -0.05) is 24.6 Å². The standard InChI is InChI=1S/C15H30N4/c1-6-14(3)19(12-16)15(18-5)10-8-7-9-13(2)11-17-4/h7-8,10-11,14,17-18H,6,9,12,16H2,1-5H3/b8-7-,13-11+,15-10+. The molecule has 0 aliphatic carbocycles. The van der Waals surface area contributed by atoms with E-state index in [9.17, 15) is 0 Å². The Balaban J connectivity index is 4.62. The molecule has 0 aromatic heterocycles. The van der Waals surface area contributed by atoms with Crippen molar-refractivity contribution in [3.05, 3.63) is 35.8 Å². The third-order valence-electron chi connectivity index (χ3n) is 3.11. The zero-order chi connectivity index (χ0) is 14.7. The summed E-state index contributed by atoms with van der Waals surface area (Å²) >= 11 is 0. The molecule has 0 aliphatic heterocycles. The monoisotopic (exact) mass is 266 g/mol. The molecule has 0 bridgehead atoms. The summed E-state index contributed by atoms with van der Waals surface area (Å²) in [5.74, 6) is 1.06. The van der Waals surface area contributed by atoms with Gasteiger partial charge in [0.05, 0.1) is 6.67 Å². The quantitative estimate of drug-likeness (QED) is 0.442. The van der Waals surface area contributed by atoms with E-state index in [1.807, 2.05) is 20.3 Å². The fraction of sp³-hybridized carbons (Fsp3) is 0.600. The van der Waals surface area contributed by atoms with Crippen LogP contribution < -0.4 is 16.4 Å². The van der Waals surface area contributed by atoms with E-state index in [2.05, 4.69) is 54.5 Å². The number of nitrogens with one attached hydrogen (secondary N) is 2. The van der Waals surface area contributed by atoms with Crippen molar-refractivity contribution in [3.63, 3.8) is 0 Å². The zero-order valence-electron chi connectivity index (χ0n) is 13.0. The van der Waals surface area contributed by atoms with Crippen LogP contribution in [0.5, 0.6) is 0 Å². The van der Waals surface area contributed by atoms with E-state index >= 15 is 0 Å². The predicted octanol–water partition coefficient (Wildman–Crippen LogP) is 2.13. The lowest BCUT2D eigenvalue weighted by Gasteiger charge is -2.31. The van der Waals surface area contributed by atoms with E-state index < -0.39 is 0 Å². The molecule has 0 saturated carbocycles. The van der Waals surface area contributed by atoms with Gasteiger partial charge in [-0.2, -0.15) is 0 Å². The van der Waals surface area contributed by atoms with E-state index in [0.717, 1.165) is 18.7 Å². The lowest BCUT2D eigenvalue weighted by Crippen LogP contribution is -2.40. The molecule has 0 saturated heterocycles. The average molecular weight is 266 g/mol. The molecule has 1 atom stereocenters. The molecule has 0 rings (SSSR count). The fourth-order valence-electron chi connectivity index (χ4n) is 1.78. The minimum Gasteiger partial charge on any atom is -0.394 e. The van der Waals surface area contributed by atoms with Crippen molar-refractivity contribution in [2.24, 2.45) is 5.73 Å². The SMILES string of the molecule is CCC(C)N(CN)/C(=C/C=C\C/C(C)=C/NC)NC. The first-order valence-corrected chi connectivity index (χ1v) is 6.94. The molecule has 19 heavy (non-hydrogen) atoms. The van der Waals surface area contributed by atoms with Gasteiger partial charge in [-0.3, -0.25) is 0 Å². The molecule has 0 fully saturated rings. The van der Waals surface area contributed by atoms with Crippen molar-refractivity contribution < 1.29 is 0 Å². The van der Waals surface area contributed by atoms with Crippen LogP contribution in [0, 0.1) is 0 Å². The molecule has 0 spiro atoms. The van der Waals surface area contributed by atoms with Gasteiger partial charge in [0.25, 0.3) is 0 Å². The van der Waals surface area contributed by atoms with Crippen LogP contribution in [0.4, 0.5) is 0 Å². The first kappa shape index (κ1) is 17.6. The molecule has 4 N–H and O–H groups in total. The summed E-state index contributed by atoms with van der Waals surface area (Å²) in [4.78, 5) is 2.17. The number of allylic oxidation sites excluding steroid dienone is 4. The van der Waals surface area contributed by atoms with Gasteiger partial charge in [0.1, 0.15) is 5.82 Å². The number of rotatable bonds is 9. The second-order valence-corrected chi connectivity index (χ2v) is 4.62. The summed E-state index contributed by atoms with van der Waals surface area (Å²) in [7, 11) is 3.84. The fourth-order valence-corrected chi connectivity index (χ4v) is 1.78. The Morgan fingerprint density at radius 3 is 2.53 bits per heavy atom. The van der Waals surface area contributed by atoms with Crippen molar-refractivity contribution in [2.45, 2.75) is 39.7 Å². The van der Waals surface area contributed by atoms with Crippen molar-refractivity contribution in [1.82, 2.24) is 15.5 Å². The van der Waals surface area contributed by atoms with Crippen LogP contribution in [0.2, 0.25) is 0 Å². The van der Waals surface area contributed by atoms with Crippen LogP contribution in [-0.2, 0) is 0 Å². The molecule has 110 valence electrons. The lowest BCUT2D eigenvalue weighted by molar-refractivity contribution is 0.254. The van der Waals surface area contributed by atoms with Crippen LogP contribution in [-0.4, -0.2) is 31.7 Å².